The minimum absolute atomic E-state index is 0.185. The number of nitrogens with zero attached hydrogens (tertiary/aromatic N) is 1. The lowest BCUT2D eigenvalue weighted by atomic mass is 10.0. The van der Waals surface area contributed by atoms with Gasteiger partial charge in [-0.25, -0.2) is 4.39 Å². The van der Waals surface area contributed by atoms with E-state index in [0.29, 0.717) is 0 Å². The second kappa shape index (κ2) is 5.12. The molecule has 0 radical (unpaired) electrons. The minimum atomic E-state index is -0.191. The molecule has 15 heavy (non-hydrogen) atoms. The summed E-state index contributed by atoms with van der Waals surface area (Å²) in [6.07, 6.45) is 1.82. The Morgan fingerprint density at radius 1 is 1.40 bits per heavy atom. The first-order chi connectivity index (χ1) is 7.00. The molecule has 1 aromatic carbocycles. The van der Waals surface area contributed by atoms with Gasteiger partial charge >= 0.3 is 0 Å². The van der Waals surface area contributed by atoms with Crippen LogP contribution in [0, 0.1) is 5.82 Å². The number of nitrogens with two attached hydrogens (primary N) is 1. The molecule has 2 N–H and O–H groups in total. The van der Waals surface area contributed by atoms with Gasteiger partial charge in [0.25, 0.3) is 0 Å². The summed E-state index contributed by atoms with van der Waals surface area (Å²) in [5.41, 5.74) is 7.80. The zero-order valence-electron chi connectivity index (χ0n) is 9.63. The lowest BCUT2D eigenvalue weighted by molar-refractivity contribution is 0.624. The Bertz CT molecular complexity index is 321. The highest BCUT2D eigenvalue weighted by Gasteiger charge is 2.06. The summed E-state index contributed by atoms with van der Waals surface area (Å²) in [5.74, 6) is -0.191. The second-order valence-electron chi connectivity index (χ2n) is 4.18. The number of anilines is 1. The van der Waals surface area contributed by atoms with Gasteiger partial charge in [-0.2, -0.15) is 0 Å². The molecule has 0 bridgehead atoms. The highest BCUT2D eigenvalue weighted by atomic mass is 19.1. The zero-order chi connectivity index (χ0) is 11.4. The third-order valence-electron chi connectivity index (χ3n) is 2.40. The summed E-state index contributed by atoms with van der Waals surface area (Å²) in [4.78, 5) is 1.93. The van der Waals surface area contributed by atoms with Crippen LogP contribution in [0.4, 0.5) is 10.1 Å². The number of benzene rings is 1. The molecular weight excluding hydrogens is 191 g/mol. The molecule has 0 fully saturated rings. The quantitative estimate of drug-likeness (QED) is 0.825. The van der Waals surface area contributed by atoms with Crippen molar-refractivity contribution >= 4 is 5.69 Å². The van der Waals surface area contributed by atoms with Crippen molar-refractivity contribution in [2.24, 2.45) is 5.73 Å². The Labute approximate surface area is 90.9 Å². The largest absolute Gasteiger partial charge is 0.377 e. The van der Waals surface area contributed by atoms with Crippen LogP contribution in [0.3, 0.4) is 0 Å². The first kappa shape index (κ1) is 12.0. The van der Waals surface area contributed by atoms with E-state index in [2.05, 4.69) is 0 Å². The van der Waals surface area contributed by atoms with Crippen LogP contribution in [0.25, 0.3) is 0 Å². The molecule has 0 heterocycles. The number of aryl methyl sites for hydroxylation is 1. The summed E-state index contributed by atoms with van der Waals surface area (Å²) in [6.45, 7) is 1.98. The van der Waals surface area contributed by atoms with Gasteiger partial charge in [-0.05, 0) is 37.5 Å². The fraction of sp³-hybridized carbons (Fsp3) is 0.500. The van der Waals surface area contributed by atoms with Gasteiger partial charge < -0.3 is 10.6 Å². The maximum Gasteiger partial charge on any atom is 0.125 e. The molecule has 0 aliphatic heterocycles. The van der Waals surface area contributed by atoms with Gasteiger partial charge in [-0.3, -0.25) is 0 Å². The summed E-state index contributed by atoms with van der Waals surface area (Å²) in [6, 6.07) is 5.10. The average molecular weight is 210 g/mol. The van der Waals surface area contributed by atoms with E-state index in [0.717, 1.165) is 24.1 Å². The molecule has 0 saturated heterocycles. The summed E-state index contributed by atoms with van der Waals surface area (Å²) >= 11 is 0. The van der Waals surface area contributed by atoms with Crippen LogP contribution >= 0.6 is 0 Å². The highest BCUT2D eigenvalue weighted by Crippen LogP contribution is 2.21. The van der Waals surface area contributed by atoms with Gasteiger partial charge in [0.2, 0.25) is 0 Å². The minimum Gasteiger partial charge on any atom is -0.377 e. The highest BCUT2D eigenvalue weighted by molar-refractivity contribution is 5.52. The Balaban J connectivity index is 2.86. The molecule has 1 atom stereocenters. The standard InChI is InChI=1S/C12H19FN2/c1-9(14)4-5-10-6-7-11(13)8-12(10)15(2)3/h6-9H,4-5,14H2,1-3H3/t9-/m0/s1. The SMILES string of the molecule is C[C@H](N)CCc1ccc(F)cc1N(C)C. The predicted octanol–water partition coefficient (Wildman–Crippen LogP) is 2.17. The first-order valence-corrected chi connectivity index (χ1v) is 5.22. The van der Waals surface area contributed by atoms with Gasteiger partial charge in [-0.15, -0.1) is 0 Å². The topological polar surface area (TPSA) is 29.3 Å². The van der Waals surface area contributed by atoms with Crippen molar-refractivity contribution < 1.29 is 4.39 Å². The van der Waals surface area contributed by atoms with Gasteiger partial charge in [0.15, 0.2) is 0 Å². The van der Waals surface area contributed by atoms with Crippen LogP contribution in [-0.2, 0) is 6.42 Å². The summed E-state index contributed by atoms with van der Waals surface area (Å²) < 4.78 is 13.1. The second-order valence-corrected chi connectivity index (χ2v) is 4.18. The molecule has 0 amide bonds. The van der Waals surface area contributed by atoms with E-state index >= 15 is 0 Å². The first-order valence-electron chi connectivity index (χ1n) is 5.22. The Morgan fingerprint density at radius 3 is 2.60 bits per heavy atom. The van der Waals surface area contributed by atoms with Crippen LogP contribution in [0.15, 0.2) is 18.2 Å². The van der Waals surface area contributed by atoms with E-state index in [9.17, 15) is 4.39 Å². The van der Waals surface area contributed by atoms with Crippen molar-refractivity contribution in [2.45, 2.75) is 25.8 Å². The van der Waals surface area contributed by atoms with E-state index in [1.165, 1.54) is 6.07 Å². The normalized spacial score (nSPS) is 12.6. The molecule has 0 spiro atoms. The molecule has 3 heteroatoms. The Kier molecular flexibility index (Phi) is 4.09. The van der Waals surface area contributed by atoms with Crippen LogP contribution in [0.5, 0.6) is 0 Å². The lowest BCUT2D eigenvalue weighted by Gasteiger charge is -2.18. The maximum atomic E-state index is 13.1. The van der Waals surface area contributed by atoms with Gasteiger partial charge in [0, 0.05) is 25.8 Å². The average Bonchev–Trinajstić information content (AvgIpc) is 2.15. The molecule has 0 aliphatic rings. The monoisotopic (exact) mass is 210 g/mol. The van der Waals surface area contributed by atoms with E-state index in [1.54, 1.807) is 6.07 Å². The number of hydrogen-bond donors (Lipinski definition) is 1. The zero-order valence-corrected chi connectivity index (χ0v) is 9.63. The van der Waals surface area contributed by atoms with Crippen LogP contribution in [0.1, 0.15) is 18.9 Å². The summed E-state index contributed by atoms with van der Waals surface area (Å²) in [5, 5.41) is 0. The van der Waals surface area contributed by atoms with Gasteiger partial charge in [-0.1, -0.05) is 6.07 Å². The van der Waals surface area contributed by atoms with E-state index in [4.69, 9.17) is 5.73 Å². The molecule has 1 aromatic rings. The van der Waals surface area contributed by atoms with E-state index < -0.39 is 0 Å². The number of hydrogen-bond acceptors (Lipinski definition) is 2. The predicted molar refractivity (Wildman–Crippen MR) is 62.7 cm³/mol. The maximum absolute atomic E-state index is 13.1. The van der Waals surface area contributed by atoms with Gasteiger partial charge in [0.05, 0.1) is 0 Å². The van der Waals surface area contributed by atoms with Crippen LogP contribution in [0.2, 0.25) is 0 Å². The van der Waals surface area contributed by atoms with E-state index in [-0.39, 0.29) is 11.9 Å². The van der Waals surface area contributed by atoms with Crippen molar-refractivity contribution in [1.82, 2.24) is 0 Å². The molecule has 1 rings (SSSR count). The molecular formula is C12H19FN2. The fourth-order valence-electron chi connectivity index (χ4n) is 1.55. The van der Waals surface area contributed by atoms with Crippen molar-refractivity contribution in [3.8, 4) is 0 Å². The van der Waals surface area contributed by atoms with E-state index in [1.807, 2.05) is 32.0 Å². The third kappa shape index (κ3) is 3.51. The Hall–Kier alpha value is -1.09. The number of rotatable bonds is 4. The molecule has 0 unspecified atom stereocenters. The molecule has 0 aromatic heterocycles. The van der Waals surface area contributed by atoms with Crippen molar-refractivity contribution in [3.63, 3.8) is 0 Å². The molecule has 84 valence electrons. The van der Waals surface area contributed by atoms with Crippen LogP contribution in [-0.4, -0.2) is 20.1 Å². The number of halogens is 1. The smallest absolute Gasteiger partial charge is 0.125 e. The molecule has 0 aliphatic carbocycles. The van der Waals surface area contributed by atoms with Gasteiger partial charge in [0.1, 0.15) is 5.82 Å². The summed E-state index contributed by atoms with van der Waals surface area (Å²) in [7, 11) is 3.84. The third-order valence-corrected chi connectivity index (χ3v) is 2.40. The lowest BCUT2D eigenvalue weighted by Crippen LogP contribution is -2.17. The van der Waals surface area contributed by atoms with Crippen molar-refractivity contribution in [3.05, 3.63) is 29.6 Å². The molecule has 0 saturated carbocycles. The fourth-order valence-corrected chi connectivity index (χ4v) is 1.55. The van der Waals surface area contributed by atoms with Crippen molar-refractivity contribution in [2.75, 3.05) is 19.0 Å². The Morgan fingerprint density at radius 2 is 2.07 bits per heavy atom. The van der Waals surface area contributed by atoms with Crippen LogP contribution < -0.4 is 10.6 Å². The molecule has 2 nitrogen and oxygen atoms in total. The van der Waals surface area contributed by atoms with Crippen molar-refractivity contribution in [1.29, 1.82) is 0 Å².